The molecule has 0 aromatic heterocycles. The molecule has 0 saturated heterocycles. The highest BCUT2D eigenvalue weighted by atomic mass is 14.2. The normalized spacial score (nSPS) is 18.4. The third-order valence-electron chi connectivity index (χ3n) is 6.94. The van der Waals surface area contributed by atoms with Gasteiger partial charge >= 0.3 is 0 Å². The maximum atomic E-state index is 3.57. The van der Waals surface area contributed by atoms with E-state index in [4.69, 9.17) is 0 Å². The molecule has 0 aliphatic heterocycles. The zero-order chi connectivity index (χ0) is 21.7. The molecule has 0 heterocycles. The number of unbranched alkanes of at least 4 members (excludes halogenated alkanes) is 5. The van der Waals surface area contributed by atoms with Crippen LogP contribution < -0.4 is 0 Å². The molecular formula is C31H42. The number of benzene rings is 2. The lowest BCUT2D eigenvalue weighted by Crippen LogP contribution is -2.12. The SMILES string of the molecule is CCCCCCc1ccc([C@H]2CC[C@H](C#Cc3ccc(CCCCC)cc3)CC2)cc1. The van der Waals surface area contributed by atoms with Crippen molar-refractivity contribution in [1.82, 2.24) is 0 Å². The van der Waals surface area contributed by atoms with Crippen LogP contribution in [-0.4, -0.2) is 0 Å². The number of aryl methyl sites for hydroxylation is 2. The Balaban J connectivity index is 1.42. The highest BCUT2D eigenvalue weighted by Crippen LogP contribution is 2.35. The fraction of sp³-hybridized carbons (Fsp3) is 0.548. The molecule has 0 nitrogen and oxygen atoms in total. The molecule has 0 N–H and O–H groups in total. The van der Waals surface area contributed by atoms with Gasteiger partial charge < -0.3 is 0 Å². The monoisotopic (exact) mass is 414 g/mol. The van der Waals surface area contributed by atoms with Gasteiger partial charge in [0.15, 0.2) is 0 Å². The summed E-state index contributed by atoms with van der Waals surface area (Å²) in [5.41, 5.74) is 5.68. The second kappa shape index (κ2) is 13.4. The van der Waals surface area contributed by atoms with Gasteiger partial charge in [-0.05, 0) is 86.1 Å². The summed E-state index contributed by atoms with van der Waals surface area (Å²) < 4.78 is 0. The second-order valence-corrected chi connectivity index (χ2v) is 9.52. The van der Waals surface area contributed by atoms with E-state index < -0.39 is 0 Å². The minimum Gasteiger partial charge on any atom is -0.0945 e. The molecule has 3 rings (SSSR count). The number of rotatable bonds is 10. The molecule has 1 fully saturated rings. The maximum absolute atomic E-state index is 3.57. The summed E-state index contributed by atoms with van der Waals surface area (Å²) in [4.78, 5) is 0. The van der Waals surface area contributed by atoms with E-state index in [9.17, 15) is 0 Å². The smallest absolute Gasteiger partial charge is 0.0245 e. The first kappa shape index (κ1) is 23.7. The molecule has 0 heteroatoms. The summed E-state index contributed by atoms with van der Waals surface area (Å²) in [5, 5.41) is 0. The van der Waals surface area contributed by atoms with E-state index in [1.54, 1.807) is 5.56 Å². The van der Waals surface area contributed by atoms with Crippen LogP contribution in [0.2, 0.25) is 0 Å². The Labute approximate surface area is 191 Å². The molecule has 0 unspecified atom stereocenters. The molecule has 0 atom stereocenters. The summed E-state index contributed by atoms with van der Waals surface area (Å²) >= 11 is 0. The Hall–Kier alpha value is -2.00. The zero-order valence-corrected chi connectivity index (χ0v) is 20.0. The van der Waals surface area contributed by atoms with Gasteiger partial charge in [-0.15, -0.1) is 0 Å². The third-order valence-corrected chi connectivity index (χ3v) is 6.94. The Kier molecular flexibility index (Phi) is 10.2. The molecule has 0 bridgehead atoms. The molecule has 0 radical (unpaired) electrons. The number of hydrogen-bond acceptors (Lipinski definition) is 0. The Morgan fingerprint density at radius 1 is 0.645 bits per heavy atom. The fourth-order valence-electron chi connectivity index (χ4n) is 4.80. The van der Waals surface area contributed by atoms with E-state index in [-0.39, 0.29) is 0 Å². The van der Waals surface area contributed by atoms with Crippen LogP contribution in [0.1, 0.15) is 113 Å². The van der Waals surface area contributed by atoms with E-state index >= 15 is 0 Å². The summed E-state index contributed by atoms with van der Waals surface area (Å²) in [6.45, 7) is 4.54. The first-order valence-electron chi connectivity index (χ1n) is 13.0. The Morgan fingerprint density at radius 3 is 1.81 bits per heavy atom. The van der Waals surface area contributed by atoms with Gasteiger partial charge in [0.05, 0.1) is 0 Å². The van der Waals surface area contributed by atoms with Gasteiger partial charge in [-0.25, -0.2) is 0 Å². The predicted molar refractivity (Wildman–Crippen MR) is 136 cm³/mol. The van der Waals surface area contributed by atoms with Gasteiger partial charge in [-0.3, -0.25) is 0 Å². The minimum atomic E-state index is 0.568. The van der Waals surface area contributed by atoms with E-state index in [2.05, 4.69) is 74.2 Å². The molecule has 1 aliphatic carbocycles. The molecule has 0 amide bonds. The summed E-state index contributed by atoms with van der Waals surface area (Å²) in [5.74, 6) is 8.32. The van der Waals surface area contributed by atoms with Gasteiger partial charge in [0.2, 0.25) is 0 Å². The molecule has 0 spiro atoms. The van der Waals surface area contributed by atoms with Gasteiger partial charge in [-0.1, -0.05) is 94.2 Å². The van der Waals surface area contributed by atoms with Crippen molar-refractivity contribution >= 4 is 0 Å². The topological polar surface area (TPSA) is 0 Å². The van der Waals surface area contributed by atoms with E-state index in [1.807, 2.05) is 0 Å². The van der Waals surface area contributed by atoms with Crippen molar-refractivity contribution in [1.29, 1.82) is 0 Å². The molecule has 1 aliphatic rings. The molecule has 31 heavy (non-hydrogen) atoms. The molecule has 2 aromatic carbocycles. The minimum absolute atomic E-state index is 0.568. The highest BCUT2D eigenvalue weighted by Gasteiger charge is 2.21. The van der Waals surface area contributed by atoms with Crippen LogP contribution in [0.5, 0.6) is 0 Å². The van der Waals surface area contributed by atoms with Crippen molar-refractivity contribution in [2.24, 2.45) is 5.92 Å². The Bertz CT molecular complexity index is 792. The quantitative estimate of drug-likeness (QED) is 0.269. The third kappa shape index (κ3) is 8.22. The van der Waals surface area contributed by atoms with E-state index in [1.165, 1.54) is 100 Å². The van der Waals surface area contributed by atoms with Crippen LogP contribution >= 0.6 is 0 Å². The molecular weight excluding hydrogens is 372 g/mol. The van der Waals surface area contributed by atoms with Crippen LogP contribution in [0.15, 0.2) is 48.5 Å². The van der Waals surface area contributed by atoms with Gasteiger partial charge in [-0.2, -0.15) is 0 Å². The molecule has 166 valence electrons. The van der Waals surface area contributed by atoms with Crippen molar-refractivity contribution in [3.05, 3.63) is 70.8 Å². The average molecular weight is 415 g/mol. The summed E-state index contributed by atoms with van der Waals surface area (Å²) in [6.07, 6.45) is 16.8. The van der Waals surface area contributed by atoms with Gasteiger partial charge in [0, 0.05) is 11.5 Å². The standard InChI is InChI=1S/C31H42/c1-3-5-7-9-11-27-18-22-30(23-19-27)31-24-20-29(21-25-31)17-16-28-14-12-26(13-15-28)10-8-6-4-2/h12-15,18-19,22-23,29,31H,3-11,20-21,24-25H2,1-2H3/t29-,31-. The lowest BCUT2D eigenvalue weighted by Gasteiger charge is -2.26. The Morgan fingerprint density at radius 2 is 1.19 bits per heavy atom. The van der Waals surface area contributed by atoms with Crippen LogP contribution in [0.3, 0.4) is 0 Å². The van der Waals surface area contributed by atoms with E-state index in [0.717, 1.165) is 5.92 Å². The lowest BCUT2D eigenvalue weighted by molar-refractivity contribution is 0.384. The molecule has 2 aromatic rings. The first-order chi connectivity index (χ1) is 15.3. The van der Waals surface area contributed by atoms with Crippen molar-refractivity contribution in [2.45, 2.75) is 103 Å². The van der Waals surface area contributed by atoms with Crippen molar-refractivity contribution in [3.8, 4) is 11.8 Å². The zero-order valence-electron chi connectivity index (χ0n) is 20.0. The average Bonchev–Trinajstić information content (AvgIpc) is 2.82. The number of hydrogen-bond donors (Lipinski definition) is 0. The van der Waals surface area contributed by atoms with Gasteiger partial charge in [0.25, 0.3) is 0 Å². The first-order valence-corrected chi connectivity index (χ1v) is 13.0. The molecule has 1 saturated carbocycles. The fourth-order valence-corrected chi connectivity index (χ4v) is 4.80. The largest absolute Gasteiger partial charge is 0.0945 e. The predicted octanol–water partition coefficient (Wildman–Crippen LogP) is 8.87. The van der Waals surface area contributed by atoms with Crippen LogP contribution in [0, 0.1) is 17.8 Å². The van der Waals surface area contributed by atoms with Crippen LogP contribution in [-0.2, 0) is 12.8 Å². The van der Waals surface area contributed by atoms with Crippen molar-refractivity contribution in [3.63, 3.8) is 0 Å². The highest BCUT2D eigenvalue weighted by molar-refractivity contribution is 5.37. The second-order valence-electron chi connectivity index (χ2n) is 9.52. The maximum Gasteiger partial charge on any atom is 0.0245 e. The summed E-state index contributed by atoms with van der Waals surface area (Å²) in [7, 11) is 0. The van der Waals surface area contributed by atoms with Gasteiger partial charge in [0.1, 0.15) is 0 Å². The van der Waals surface area contributed by atoms with Crippen molar-refractivity contribution < 1.29 is 0 Å². The van der Waals surface area contributed by atoms with Crippen LogP contribution in [0.4, 0.5) is 0 Å². The van der Waals surface area contributed by atoms with Crippen molar-refractivity contribution in [2.75, 3.05) is 0 Å². The van der Waals surface area contributed by atoms with Crippen LogP contribution in [0.25, 0.3) is 0 Å². The lowest BCUT2D eigenvalue weighted by atomic mass is 9.78. The summed E-state index contributed by atoms with van der Waals surface area (Å²) in [6, 6.07) is 18.5. The van der Waals surface area contributed by atoms with E-state index in [0.29, 0.717) is 5.92 Å².